The molecule has 0 fully saturated rings. The zero-order valence-corrected chi connectivity index (χ0v) is 9.73. The first kappa shape index (κ1) is 14.6. The Morgan fingerprint density at radius 2 is 2.19 bits per heavy atom. The number of amides is 1. The van der Waals surface area contributed by atoms with Gasteiger partial charge in [-0.1, -0.05) is 20.4 Å². The SMILES string of the molecule is C=CC(=O)NCC(O)COC(=O)C(C)CC. The highest BCUT2D eigenvalue weighted by Crippen LogP contribution is 2.03. The van der Waals surface area contributed by atoms with Gasteiger partial charge in [-0.25, -0.2) is 0 Å². The number of carbonyl (C=O) groups excluding carboxylic acids is 2. The van der Waals surface area contributed by atoms with E-state index in [1.165, 1.54) is 0 Å². The monoisotopic (exact) mass is 229 g/mol. The fraction of sp³-hybridized carbons (Fsp3) is 0.636. The average molecular weight is 229 g/mol. The molecule has 0 saturated heterocycles. The fourth-order valence-corrected chi connectivity index (χ4v) is 0.837. The van der Waals surface area contributed by atoms with E-state index < -0.39 is 6.10 Å². The van der Waals surface area contributed by atoms with Crippen molar-refractivity contribution in [1.82, 2.24) is 5.32 Å². The van der Waals surface area contributed by atoms with Gasteiger partial charge in [0, 0.05) is 6.54 Å². The van der Waals surface area contributed by atoms with E-state index in [2.05, 4.69) is 11.9 Å². The minimum absolute atomic E-state index is 0.0403. The molecule has 0 aromatic heterocycles. The molecule has 5 heteroatoms. The molecule has 0 aromatic carbocycles. The summed E-state index contributed by atoms with van der Waals surface area (Å²) in [7, 11) is 0. The summed E-state index contributed by atoms with van der Waals surface area (Å²) in [5.41, 5.74) is 0. The largest absolute Gasteiger partial charge is 0.463 e. The van der Waals surface area contributed by atoms with Crippen LogP contribution in [0.25, 0.3) is 0 Å². The Bertz CT molecular complexity index is 252. The van der Waals surface area contributed by atoms with Gasteiger partial charge in [0.15, 0.2) is 0 Å². The number of carbonyl (C=O) groups is 2. The molecule has 2 atom stereocenters. The summed E-state index contributed by atoms with van der Waals surface area (Å²) in [5, 5.41) is 11.8. The van der Waals surface area contributed by atoms with Crippen LogP contribution in [0.3, 0.4) is 0 Å². The Morgan fingerprint density at radius 3 is 2.69 bits per heavy atom. The van der Waals surface area contributed by atoms with Gasteiger partial charge in [0.25, 0.3) is 0 Å². The molecule has 0 aliphatic carbocycles. The molecular weight excluding hydrogens is 210 g/mol. The molecule has 1 amide bonds. The van der Waals surface area contributed by atoms with E-state index in [-0.39, 0.29) is 30.9 Å². The fourth-order valence-electron chi connectivity index (χ4n) is 0.837. The highest BCUT2D eigenvalue weighted by Gasteiger charge is 2.14. The molecule has 16 heavy (non-hydrogen) atoms. The van der Waals surface area contributed by atoms with Gasteiger partial charge in [0.05, 0.1) is 5.92 Å². The van der Waals surface area contributed by atoms with Crippen molar-refractivity contribution in [2.45, 2.75) is 26.4 Å². The summed E-state index contributed by atoms with van der Waals surface area (Å²) in [4.78, 5) is 22.0. The molecule has 2 unspecified atom stereocenters. The minimum Gasteiger partial charge on any atom is -0.463 e. The van der Waals surface area contributed by atoms with Crippen molar-refractivity contribution in [2.75, 3.05) is 13.2 Å². The first-order valence-corrected chi connectivity index (χ1v) is 5.26. The lowest BCUT2D eigenvalue weighted by Crippen LogP contribution is -2.34. The number of hydrogen-bond donors (Lipinski definition) is 2. The van der Waals surface area contributed by atoms with Crippen molar-refractivity contribution < 1.29 is 19.4 Å². The van der Waals surface area contributed by atoms with Crippen LogP contribution in [0.1, 0.15) is 20.3 Å². The lowest BCUT2D eigenvalue weighted by atomic mass is 10.1. The molecule has 0 heterocycles. The molecule has 2 N–H and O–H groups in total. The maximum absolute atomic E-state index is 11.2. The van der Waals surface area contributed by atoms with Crippen LogP contribution in [0.15, 0.2) is 12.7 Å². The Kier molecular flexibility index (Phi) is 7.20. The normalized spacial score (nSPS) is 13.7. The highest BCUT2D eigenvalue weighted by atomic mass is 16.5. The summed E-state index contributed by atoms with van der Waals surface area (Å²) >= 11 is 0. The van der Waals surface area contributed by atoms with Crippen LogP contribution >= 0.6 is 0 Å². The van der Waals surface area contributed by atoms with Crippen LogP contribution in [0, 0.1) is 5.92 Å². The predicted molar refractivity (Wildman–Crippen MR) is 59.6 cm³/mol. The molecule has 0 bridgehead atoms. The second-order valence-corrected chi connectivity index (χ2v) is 3.54. The first-order valence-electron chi connectivity index (χ1n) is 5.26. The minimum atomic E-state index is -0.892. The lowest BCUT2D eigenvalue weighted by Gasteiger charge is -2.13. The van der Waals surface area contributed by atoms with E-state index in [9.17, 15) is 14.7 Å². The first-order chi connectivity index (χ1) is 7.51. The summed E-state index contributed by atoms with van der Waals surface area (Å²) in [6, 6.07) is 0. The highest BCUT2D eigenvalue weighted by molar-refractivity contribution is 5.86. The average Bonchev–Trinajstić information content (AvgIpc) is 2.31. The number of aliphatic hydroxyl groups is 1. The van der Waals surface area contributed by atoms with Gasteiger partial charge in [-0.05, 0) is 12.5 Å². The van der Waals surface area contributed by atoms with Crippen molar-refractivity contribution in [3.63, 3.8) is 0 Å². The summed E-state index contributed by atoms with van der Waals surface area (Å²) in [6.07, 6.45) is 0.914. The third kappa shape index (κ3) is 6.19. The Balaban J connectivity index is 3.72. The second-order valence-electron chi connectivity index (χ2n) is 3.54. The van der Waals surface area contributed by atoms with Gasteiger partial charge in [-0.3, -0.25) is 9.59 Å². The predicted octanol–water partition coefficient (Wildman–Crippen LogP) is 0.239. The van der Waals surface area contributed by atoms with Crippen LogP contribution < -0.4 is 5.32 Å². The van der Waals surface area contributed by atoms with Gasteiger partial charge >= 0.3 is 5.97 Å². The van der Waals surface area contributed by atoms with Crippen molar-refractivity contribution in [2.24, 2.45) is 5.92 Å². The van der Waals surface area contributed by atoms with E-state index in [0.29, 0.717) is 6.42 Å². The van der Waals surface area contributed by atoms with E-state index in [0.717, 1.165) is 6.08 Å². The molecule has 0 aromatic rings. The van der Waals surface area contributed by atoms with Gasteiger partial charge in [0.2, 0.25) is 5.91 Å². The number of aliphatic hydroxyl groups excluding tert-OH is 1. The molecule has 0 saturated carbocycles. The van der Waals surface area contributed by atoms with Gasteiger partial charge in [0.1, 0.15) is 12.7 Å². The molecule has 5 nitrogen and oxygen atoms in total. The summed E-state index contributed by atoms with van der Waals surface area (Å²) < 4.78 is 4.86. The van der Waals surface area contributed by atoms with Gasteiger partial charge in [-0.15, -0.1) is 0 Å². The van der Waals surface area contributed by atoms with Crippen LogP contribution in [0.2, 0.25) is 0 Å². The number of ether oxygens (including phenoxy) is 1. The Morgan fingerprint density at radius 1 is 1.56 bits per heavy atom. The smallest absolute Gasteiger partial charge is 0.308 e. The Hall–Kier alpha value is -1.36. The quantitative estimate of drug-likeness (QED) is 0.484. The van der Waals surface area contributed by atoms with E-state index in [1.807, 2.05) is 6.92 Å². The van der Waals surface area contributed by atoms with Crippen LogP contribution in [0.5, 0.6) is 0 Å². The van der Waals surface area contributed by atoms with Crippen molar-refractivity contribution in [3.8, 4) is 0 Å². The van der Waals surface area contributed by atoms with E-state index in [4.69, 9.17) is 4.74 Å². The third-order valence-electron chi connectivity index (χ3n) is 2.13. The van der Waals surface area contributed by atoms with Crippen LogP contribution in [0.4, 0.5) is 0 Å². The second kappa shape index (κ2) is 7.87. The third-order valence-corrected chi connectivity index (χ3v) is 2.13. The standard InChI is InChI=1S/C11H19NO4/c1-4-8(3)11(15)16-7-9(13)6-12-10(14)5-2/h5,8-9,13H,2,4,6-7H2,1,3H3,(H,12,14). The molecule has 0 aliphatic rings. The molecular formula is C11H19NO4. The van der Waals surface area contributed by atoms with Gasteiger partial charge in [-0.2, -0.15) is 0 Å². The van der Waals surface area contributed by atoms with Crippen LogP contribution in [-0.4, -0.2) is 36.2 Å². The van der Waals surface area contributed by atoms with Crippen LogP contribution in [-0.2, 0) is 14.3 Å². The lowest BCUT2D eigenvalue weighted by molar-refractivity contribution is -0.150. The Labute approximate surface area is 95.5 Å². The van der Waals surface area contributed by atoms with E-state index in [1.54, 1.807) is 6.92 Å². The van der Waals surface area contributed by atoms with Gasteiger partial charge < -0.3 is 15.2 Å². The summed E-state index contributed by atoms with van der Waals surface area (Å²) in [6.45, 7) is 6.84. The number of rotatable bonds is 7. The zero-order chi connectivity index (χ0) is 12.6. The van der Waals surface area contributed by atoms with Crippen molar-refractivity contribution >= 4 is 11.9 Å². The van der Waals surface area contributed by atoms with E-state index >= 15 is 0 Å². The number of hydrogen-bond acceptors (Lipinski definition) is 4. The topological polar surface area (TPSA) is 75.6 Å². The number of nitrogens with one attached hydrogen (secondary N) is 1. The number of esters is 1. The molecule has 0 aliphatic heterocycles. The molecule has 0 spiro atoms. The zero-order valence-electron chi connectivity index (χ0n) is 9.73. The van der Waals surface area contributed by atoms with Crippen molar-refractivity contribution in [1.29, 1.82) is 0 Å². The maximum atomic E-state index is 11.2. The summed E-state index contributed by atoms with van der Waals surface area (Å²) in [5.74, 6) is -0.876. The maximum Gasteiger partial charge on any atom is 0.308 e. The molecule has 0 rings (SSSR count). The molecule has 92 valence electrons. The van der Waals surface area contributed by atoms with Crippen molar-refractivity contribution in [3.05, 3.63) is 12.7 Å². The molecule has 0 radical (unpaired) electrons.